The number of carboxylic acid groups (broad SMARTS) is 1. The molecule has 0 aliphatic rings. The second-order valence-corrected chi connectivity index (χ2v) is 7.03. The highest BCUT2D eigenvalue weighted by atomic mass is 19.4. The molecule has 1 atom stereocenters. The Balaban J connectivity index is 6.64. The first-order valence-corrected chi connectivity index (χ1v) is 8.79. The van der Waals surface area contributed by atoms with Crippen molar-refractivity contribution in [1.82, 2.24) is 5.32 Å². The van der Waals surface area contributed by atoms with Crippen molar-refractivity contribution in [3.05, 3.63) is 0 Å². The number of carbonyl (C=O) groups is 2. The molecule has 0 saturated heterocycles. The molecule has 21 heteroatoms. The highest BCUT2D eigenvalue weighted by molar-refractivity contribution is 5.89. The summed E-state index contributed by atoms with van der Waals surface area (Å²) in [5.74, 6) is -64.9. The minimum atomic E-state index is -8.82. The van der Waals surface area contributed by atoms with Crippen LogP contribution in [-0.2, 0) is 9.59 Å². The minimum absolute atomic E-state index is 0.0440. The molecule has 0 heterocycles. The zero-order valence-corrected chi connectivity index (χ0v) is 16.9. The van der Waals surface area contributed by atoms with Crippen LogP contribution in [-0.4, -0.2) is 70.7 Å². The topological polar surface area (TPSA) is 66.4 Å². The van der Waals surface area contributed by atoms with Crippen LogP contribution < -0.4 is 5.32 Å². The molecule has 0 rings (SSSR count). The lowest BCUT2D eigenvalue weighted by atomic mass is 9.88. The van der Waals surface area contributed by atoms with Gasteiger partial charge in [-0.2, -0.15) is 74.6 Å². The van der Waals surface area contributed by atoms with Crippen LogP contribution in [0.1, 0.15) is 26.2 Å². The Hall–Kier alpha value is -2.25. The SMILES string of the molecule is CCCC[C@H](NC(=O)C(F)(F)C(F)(F)C(F)(F)C(F)(F)C(F)(F)C(F)(F)C(F)(F)C(F)(F)F)C(=O)O. The number of hydrogen-bond donors (Lipinski definition) is 2. The molecule has 2 N–H and O–H groups in total. The summed E-state index contributed by atoms with van der Waals surface area (Å²) in [6.45, 7) is 1.32. The Labute approximate surface area is 187 Å². The molecule has 1 amide bonds. The van der Waals surface area contributed by atoms with Gasteiger partial charge in [-0.25, -0.2) is 4.79 Å². The third kappa shape index (κ3) is 4.84. The maximum Gasteiger partial charge on any atom is 0.460 e. The number of aliphatic carboxylic acids is 1. The number of hydrogen-bond acceptors (Lipinski definition) is 2. The number of nitrogens with one attached hydrogen (secondary N) is 1. The fourth-order valence-electron chi connectivity index (χ4n) is 2.22. The van der Waals surface area contributed by atoms with Crippen LogP contribution in [0.4, 0.5) is 74.6 Å². The molecule has 0 aliphatic heterocycles. The Morgan fingerprint density at radius 3 is 1.28 bits per heavy atom. The van der Waals surface area contributed by atoms with Gasteiger partial charge in [-0.1, -0.05) is 19.8 Å². The second kappa shape index (κ2) is 9.56. The van der Waals surface area contributed by atoms with Crippen LogP contribution in [0, 0.1) is 0 Å². The predicted octanol–water partition coefficient (Wildman–Crippen LogP) is 5.76. The van der Waals surface area contributed by atoms with Crippen molar-refractivity contribution >= 4 is 11.9 Å². The average molecular weight is 577 g/mol. The molecular weight excluding hydrogens is 565 g/mol. The van der Waals surface area contributed by atoms with Gasteiger partial charge in [-0.3, -0.25) is 4.79 Å². The van der Waals surface area contributed by atoms with Crippen molar-refractivity contribution in [2.45, 2.75) is 79.9 Å². The van der Waals surface area contributed by atoms with E-state index in [1.54, 1.807) is 0 Å². The first kappa shape index (κ1) is 33.8. The summed E-state index contributed by atoms with van der Waals surface area (Å²) in [4.78, 5) is 22.1. The van der Waals surface area contributed by atoms with Gasteiger partial charge in [-0.15, -0.1) is 0 Å². The molecule has 0 spiro atoms. The van der Waals surface area contributed by atoms with E-state index >= 15 is 0 Å². The Bertz CT molecular complexity index is 821. The molecule has 0 aromatic heterocycles. The van der Waals surface area contributed by atoms with E-state index in [1.807, 2.05) is 0 Å². The van der Waals surface area contributed by atoms with Gasteiger partial charge in [0.05, 0.1) is 0 Å². The van der Waals surface area contributed by atoms with Gasteiger partial charge in [0.2, 0.25) is 0 Å². The van der Waals surface area contributed by atoms with E-state index in [-0.39, 0.29) is 12.8 Å². The maximum absolute atomic E-state index is 13.7. The van der Waals surface area contributed by atoms with E-state index in [0.717, 1.165) is 0 Å². The van der Waals surface area contributed by atoms with Crippen molar-refractivity contribution < 1.29 is 89.3 Å². The molecule has 36 heavy (non-hydrogen) atoms. The van der Waals surface area contributed by atoms with Gasteiger partial charge < -0.3 is 10.4 Å². The molecule has 0 aliphatic carbocycles. The smallest absolute Gasteiger partial charge is 0.460 e. The van der Waals surface area contributed by atoms with Crippen LogP contribution in [0.15, 0.2) is 0 Å². The molecular formula is C15H12F17NO3. The lowest BCUT2D eigenvalue weighted by Crippen LogP contribution is -2.75. The number of alkyl halides is 17. The van der Waals surface area contributed by atoms with Gasteiger partial charge in [0, 0.05) is 0 Å². The fraction of sp³-hybridized carbons (Fsp3) is 0.867. The van der Waals surface area contributed by atoms with Gasteiger partial charge in [0.15, 0.2) is 0 Å². The maximum atomic E-state index is 13.7. The third-order valence-electron chi connectivity index (χ3n) is 4.46. The number of amides is 1. The van der Waals surface area contributed by atoms with Crippen molar-refractivity contribution in [1.29, 1.82) is 0 Å². The van der Waals surface area contributed by atoms with Crippen molar-refractivity contribution in [2.75, 3.05) is 0 Å². The first-order chi connectivity index (χ1) is 15.5. The van der Waals surface area contributed by atoms with E-state index in [0.29, 0.717) is 5.32 Å². The molecule has 0 saturated carbocycles. The lowest BCUT2D eigenvalue weighted by molar-refractivity contribution is -0.459. The van der Waals surface area contributed by atoms with Gasteiger partial charge in [-0.05, 0) is 6.42 Å². The van der Waals surface area contributed by atoms with E-state index in [4.69, 9.17) is 5.11 Å². The summed E-state index contributed by atoms with van der Waals surface area (Å²) in [5, 5.41) is 9.17. The molecule has 214 valence electrons. The lowest BCUT2D eigenvalue weighted by Gasteiger charge is -2.42. The summed E-state index contributed by atoms with van der Waals surface area (Å²) in [6, 6.07) is -2.59. The van der Waals surface area contributed by atoms with E-state index in [9.17, 15) is 84.2 Å². The van der Waals surface area contributed by atoms with Crippen LogP contribution >= 0.6 is 0 Å². The first-order valence-electron chi connectivity index (χ1n) is 8.79. The predicted molar refractivity (Wildman–Crippen MR) is 79.8 cm³/mol. The van der Waals surface area contributed by atoms with Gasteiger partial charge in [0.25, 0.3) is 5.91 Å². The van der Waals surface area contributed by atoms with Gasteiger partial charge >= 0.3 is 53.6 Å². The largest absolute Gasteiger partial charge is 0.480 e. The Morgan fingerprint density at radius 1 is 0.639 bits per heavy atom. The normalized spacial score (nSPS) is 16.1. The monoisotopic (exact) mass is 577 g/mol. The number of carbonyl (C=O) groups excluding carboxylic acids is 1. The number of rotatable bonds is 12. The molecule has 0 aromatic rings. The van der Waals surface area contributed by atoms with E-state index < -0.39 is 72.0 Å². The standard InChI is InChI=1S/C15H12F17NO3/c1-2-3-4-5(6(34)35)33-7(36)8(16,17)9(18,19)10(20,21)11(22,23)12(24,25)13(26,27)14(28,29)15(30,31)32/h5H,2-4H2,1H3,(H,33,36)(H,34,35)/t5-/m0/s1. The summed E-state index contributed by atoms with van der Waals surface area (Å²) >= 11 is 0. The summed E-state index contributed by atoms with van der Waals surface area (Å²) in [7, 11) is 0. The van der Waals surface area contributed by atoms with Crippen LogP contribution in [0.5, 0.6) is 0 Å². The summed E-state index contributed by atoms with van der Waals surface area (Å²) in [6.07, 6.45) is -8.98. The molecule has 0 unspecified atom stereocenters. The summed E-state index contributed by atoms with van der Waals surface area (Å²) in [5.41, 5.74) is 0. The minimum Gasteiger partial charge on any atom is -0.480 e. The zero-order valence-electron chi connectivity index (χ0n) is 16.9. The molecule has 4 nitrogen and oxygen atoms in total. The van der Waals surface area contributed by atoms with E-state index in [2.05, 4.69) is 0 Å². The molecule has 0 radical (unpaired) electrons. The van der Waals surface area contributed by atoms with Crippen LogP contribution in [0.3, 0.4) is 0 Å². The van der Waals surface area contributed by atoms with Crippen molar-refractivity contribution in [3.8, 4) is 0 Å². The number of unbranched alkanes of at least 4 members (excludes halogenated alkanes) is 1. The summed E-state index contributed by atoms with van der Waals surface area (Å²) < 4.78 is 224. The molecule has 0 bridgehead atoms. The second-order valence-electron chi connectivity index (χ2n) is 7.03. The fourth-order valence-corrected chi connectivity index (χ4v) is 2.22. The van der Waals surface area contributed by atoms with Crippen LogP contribution in [0.25, 0.3) is 0 Å². The van der Waals surface area contributed by atoms with E-state index in [1.165, 1.54) is 6.92 Å². The van der Waals surface area contributed by atoms with Gasteiger partial charge in [0.1, 0.15) is 6.04 Å². The zero-order chi connectivity index (χ0) is 29.6. The molecule has 0 aromatic carbocycles. The Morgan fingerprint density at radius 2 is 0.972 bits per heavy atom. The Kier molecular flexibility index (Phi) is 8.97. The van der Waals surface area contributed by atoms with Crippen molar-refractivity contribution in [2.24, 2.45) is 0 Å². The number of carboxylic acids is 1. The molecule has 0 fully saturated rings. The quantitative estimate of drug-likeness (QED) is 0.291. The van der Waals surface area contributed by atoms with Crippen molar-refractivity contribution in [3.63, 3.8) is 0 Å². The highest BCUT2D eigenvalue weighted by Gasteiger charge is 2.95. The third-order valence-corrected chi connectivity index (χ3v) is 4.46. The average Bonchev–Trinajstić information content (AvgIpc) is 2.68. The number of halogens is 17. The highest BCUT2D eigenvalue weighted by Crippen LogP contribution is 2.63. The van der Waals surface area contributed by atoms with Crippen LogP contribution in [0.2, 0.25) is 0 Å².